The Morgan fingerprint density at radius 3 is 2.26 bits per heavy atom. The van der Waals surface area contributed by atoms with Gasteiger partial charge in [-0.2, -0.15) is 0 Å². The van der Waals surface area contributed by atoms with Crippen LogP contribution in [0.4, 0.5) is 0 Å². The average Bonchev–Trinajstić information content (AvgIpc) is 2.42. The van der Waals surface area contributed by atoms with Crippen LogP contribution in [-0.4, -0.2) is 12.7 Å². The third-order valence-electron chi connectivity index (χ3n) is 3.59. The summed E-state index contributed by atoms with van der Waals surface area (Å²) in [4.78, 5) is 0. The Labute approximate surface area is 118 Å². The first kappa shape index (κ1) is 16.2. The molecule has 0 aromatic heterocycles. The topological polar surface area (TPSA) is 35.2 Å². The van der Waals surface area contributed by atoms with Crippen molar-refractivity contribution in [2.24, 2.45) is 11.7 Å². The highest BCUT2D eigenvalue weighted by Crippen LogP contribution is 2.18. The van der Waals surface area contributed by atoms with Crippen LogP contribution >= 0.6 is 0 Å². The summed E-state index contributed by atoms with van der Waals surface area (Å²) in [7, 11) is 0. The molecule has 2 unspecified atom stereocenters. The van der Waals surface area contributed by atoms with Gasteiger partial charge in [0, 0.05) is 6.61 Å². The quantitative estimate of drug-likeness (QED) is 0.717. The summed E-state index contributed by atoms with van der Waals surface area (Å²) < 4.78 is 5.84. The molecule has 0 aliphatic rings. The van der Waals surface area contributed by atoms with Gasteiger partial charge in [0.2, 0.25) is 0 Å². The standard InChI is InChI=1S/C17H29NO/c1-5-15-8-10-16(11-9-15)17(18)14(4)19-12-6-7-13(2)3/h8-11,13-14,17H,5-7,12,18H2,1-4H3. The summed E-state index contributed by atoms with van der Waals surface area (Å²) in [6.07, 6.45) is 3.47. The SMILES string of the molecule is CCc1ccc(C(N)C(C)OCCCC(C)C)cc1. The molecule has 0 fully saturated rings. The first-order valence-corrected chi connectivity index (χ1v) is 7.50. The molecule has 0 heterocycles. The smallest absolute Gasteiger partial charge is 0.0739 e. The zero-order valence-corrected chi connectivity index (χ0v) is 12.9. The summed E-state index contributed by atoms with van der Waals surface area (Å²) in [5.74, 6) is 0.745. The summed E-state index contributed by atoms with van der Waals surface area (Å²) in [5, 5.41) is 0. The Hall–Kier alpha value is -0.860. The average molecular weight is 263 g/mol. The Kier molecular flexibility index (Phi) is 7.11. The van der Waals surface area contributed by atoms with Crippen LogP contribution in [-0.2, 0) is 11.2 Å². The largest absolute Gasteiger partial charge is 0.377 e. The van der Waals surface area contributed by atoms with Gasteiger partial charge >= 0.3 is 0 Å². The first-order chi connectivity index (χ1) is 9.04. The highest BCUT2D eigenvalue weighted by Gasteiger charge is 2.15. The fraction of sp³-hybridized carbons (Fsp3) is 0.647. The molecular weight excluding hydrogens is 234 g/mol. The molecule has 1 aromatic carbocycles. The van der Waals surface area contributed by atoms with E-state index in [-0.39, 0.29) is 12.1 Å². The predicted molar refractivity (Wildman–Crippen MR) is 82.2 cm³/mol. The summed E-state index contributed by atoms with van der Waals surface area (Å²) in [5.41, 5.74) is 8.76. The van der Waals surface area contributed by atoms with Crippen molar-refractivity contribution in [2.75, 3.05) is 6.61 Å². The lowest BCUT2D eigenvalue weighted by Crippen LogP contribution is -2.26. The highest BCUT2D eigenvalue weighted by molar-refractivity contribution is 5.25. The number of rotatable bonds is 8. The minimum Gasteiger partial charge on any atom is -0.377 e. The van der Waals surface area contributed by atoms with E-state index in [1.165, 1.54) is 12.0 Å². The van der Waals surface area contributed by atoms with Gasteiger partial charge in [0.05, 0.1) is 12.1 Å². The van der Waals surface area contributed by atoms with Crippen LogP contribution in [0.2, 0.25) is 0 Å². The van der Waals surface area contributed by atoms with E-state index in [0.717, 1.165) is 30.9 Å². The molecule has 19 heavy (non-hydrogen) atoms. The van der Waals surface area contributed by atoms with E-state index in [1.807, 2.05) is 0 Å². The third-order valence-corrected chi connectivity index (χ3v) is 3.59. The van der Waals surface area contributed by atoms with Crippen molar-refractivity contribution in [1.82, 2.24) is 0 Å². The van der Waals surface area contributed by atoms with Crippen LogP contribution in [0.25, 0.3) is 0 Å². The minimum atomic E-state index is -0.0371. The van der Waals surface area contributed by atoms with Gasteiger partial charge in [-0.1, -0.05) is 45.0 Å². The molecule has 2 N–H and O–H groups in total. The second-order valence-electron chi connectivity index (χ2n) is 5.73. The van der Waals surface area contributed by atoms with Gasteiger partial charge in [0.1, 0.15) is 0 Å². The molecule has 1 rings (SSSR count). The number of aryl methyl sites for hydroxylation is 1. The Morgan fingerprint density at radius 1 is 1.11 bits per heavy atom. The fourth-order valence-corrected chi connectivity index (χ4v) is 2.11. The maximum Gasteiger partial charge on any atom is 0.0739 e. The van der Waals surface area contributed by atoms with Crippen LogP contribution in [0.1, 0.15) is 57.7 Å². The number of benzene rings is 1. The Balaban J connectivity index is 2.40. The predicted octanol–water partition coefficient (Wildman–Crippen LogP) is 4.09. The van der Waals surface area contributed by atoms with Gasteiger partial charge in [-0.25, -0.2) is 0 Å². The zero-order chi connectivity index (χ0) is 14.3. The summed E-state index contributed by atoms with van der Waals surface area (Å²) in [6.45, 7) is 9.51. The van der Waals surface area contributed by atoms with E-state index in [0.29, 0.717) is 0 Å². The molecule has 0 aliphatic carbocycles. The number of hydrogen-bond acceptors (Lipinski definition) is 2. The van der Waals surface area contributed by atoms with Crippen LogP contribution in [0, 0.1) is 5.92 Å². The lowest BCUT2D eigenvalue weighted by atomic mass is 10.0. The van der Waals surface area contributed by atoms with Crippen LogP contribution < -0.4 is 5.73 Å². The van der Waals surface area contributed by atoms with E-state index >= 15 is 0 Å². The van der Waals surface area contributed by atoms with E-state index in [2.05, 4.69) is 52.0 Å². The number of nitrogens with two attached hydrogens (primary N) is 1. The zero-order valence-electron chi connectivity index (χ0n) is 12.9. The molecule has 0 spiro atoms. The van der Waals surface area contributed by atoms with E-state index in [4.69, 9.17) is 10.5 Å². The second-order valence-corrected chi connectivity index (χ2v) is 5.73. The normalized spacial score (nSPS) is 14.6. The molecule has 0 amide bonds. The number of hydrogen-bond donors (Lipinski definition) is 1. The van der Waals surface area contributed by atoms with Crippen molar-refractivity contribution < 1.29 is 4.74 Å². The second kappa shape index (κ2) is 8.34. The molecule has 0 radical (unpaired) electrons. The van der Waals surface area contributed by atoms with Gasteiger partial charge < -0.3 is 10.5 Å². The van der Waals surface area contributed by atoms with E-state index in [1.54, 1.807) is 0 Å². The van der Waals surface area contributed by atoms with Crippen molar-refractivity contribution in [3.8, 4) is 0 Å². The fourth-order valence-electron chi connectivity index (χ4n) is 2.11. The molecule has 0 aliphatic heterocycles. The van der Waals surface area contributed by atoms with E-state index in [9.17, 15) is 0 Å². The Morgan fingerprint density at radius 2 is 1.74 bits per heavy atom. The maximum atomic E-state index is 6.25. The van der Waals surface area contributed by atoms with Gasteiger partial charge in [0.25, 0.3) is 0 Å². The first-order valence-electron chi connectivity index (χ1n) is 7.50. The van der Waals surface area contributed by atoms with Crippen molar-refractivity contribution in [1.29, 1.82) is 0 Å². The molecular formula is C17H29NO. The molecule has 2 atom stereocenters. The lowest BCUT2D eigenvalue weighted by Gasteiger charge is -2.21. The van der Waals surface area contributed by atoms with Crippen molar-refractivity contribution >= 4 is 0 Å². The minimum absolute atomic E-state index is 0.0371. The number of ether oxygens (including phenoxy) is 1. The van der Waals surface area contributed by atoms with Crippen molar-refractivity contribution in [3.63, 3.8) is 0 Å². The van der Waals surface area contributed by atoms with Gasteiger partial charge in [-0.3, -0.25) is 0 Å². The van der Waals surface area contributed by atoms with Gasteiger partial charge in [-0.05, 0) is 43.2 Å². The van der Waals surface area contributed by atoms with Crippen LogP contribution in [0.5, 0.6) is 0 Å². The molecule has 1 aromatic rings. The Bertz CT molecular complexity index is 345. The third kappa shape index (κ3) is 5.75. The van der Waals surface area contributed by atoms with Gasteiger partial charge in [0.15, 0.2) is 0 Å². The summed E-state index contributed by atoms with van der Waals surface area (Å²) in [6, 6.07) is 8.51. The molecule has 2 heteroatoms. The van der Waals surface area contributed by atoms with Gasteiger partial charge in [-0.15, -0.1) is 0 Å². The highest BCUT2D eigenvalue weighted by atomic mass is 16.5. The monoisotopic (exact) mass is 263 g/mol. The van der Waals surface area contributed by atoms with Crippen LogP contribution in [0.3, 0.4) is 0 Å². The molecule has 0 saturated heterocycles. The molecule has 0 saturated carbocycles. The van der Waals surface area contributed by atoms with E-state index < -0.39 is 0 Å². The maximum absolute atomic E-state index is 6.25. The van der Waals surface area contributed by atoms with Crippen LogP contribution in [0.15, 0.2) is 24.3 Å². The lowest BCUT2D eigenvalue weighted by molar-refractivity contribution is 0.0444. The molecule has 108 valence electrons. The van der Waals surface area contributed by atoms with Crippen molar-refractivity contribution in [3.05, 3.63) is 35.4 Å². The molecule has 2 nitrogen and oxygen atoms in total. The van der Waals surface area contributed by atoms with Crippen molar-refractivity contribution in [2.45, 2.75) is 59.1 Å². The molecule has 0 bridgehead atoms. The summed E-state index contributed by atoms with van der Waals surface area (Å²) >= 11 is 0.